The summed E-state index contributed by atoms with van der Waals surface area (Å²) >= 11 is 0. The second-order valence-electron chi connectivity index (χ2n) is 4.19. The van der Waals surface area contributed by atoms with Crippen LogP contribution in [0.2, 0.25) is 0 Å². The Balaban J connectivity index is 3.50. The van der Waals surface area contributed by atoms with Gasteiger partial charge in [0.2, 0.25) is 0 Å². The quantitative estimate of drug-likeness (QED) is 0.417. The second-order valence-corrected chi connectivity index (χ2v) is 4.19. The van der Waals surface area contributed by atoms with Crippen molar-refractivity contribution in [3.63, 3.8) is 0 Å². The largest absolute Gasteiger partial charge is 0.306 e. The fraction of sp³-hybridized carbons (Fsp3) is 0.600. The van der Waals surface area contributed by atoms with Gasteiger partial charge >= 0.3 is 0 Å². The van der Waals surface area contributed by atoms with Crippen LogP contribution in [0, 0.1) is 0 Å². The SMILES string of the molecule is C=CC(/C=C\CCCCN(C)CCC)=C/C. The van der Waals surface area contributed by atoms with E-state index in [0.717, 1.165) is 0 Å². The monoisotopic (exact) mass is 221 g/mol. The minimum atomic E-state index is 1.17. The fourth-order valence-corrected chi connectivity index (χ4v) is 1.64. The molecule has 92 valence electrons. The highest BCUT2D eigenvalue weighted by Crippen LogP contribution is 2.03. The molecule has 1 nitrogen and oxygen atoms in total. The number of allylic oxidation sites excluding steroid dienone is 5. The van der Waals surface area contributed by atoms with Gasteiger partial charge in [-0.1, -0.05) is 37.8 Å². The van der Waals surface area contributed by atoms with Gasteiger partial charge in [0.1, 0.15) is 0 Å². The lowest BCUT2D eigenvalue weighted by atomic mass is 10.1. The van der Waals surface area contributed by atoms with Crippen LogP contribution in [0.4, 0.5) is 0 Å². The Labute approximate surface area is 102 Å². The highest BCUT2D eigenvalue weighted by molar-refractivity contribution is 5.28. The molecule has 0 bridgehead atoms. The van der Waals surface area contributed by atoms with Gasteiger partial charge < -0.3 is 4.90 Å². The van der Waals surface area contributed by atoms with E-state index in [9.17, 15) is 0 Å². The van der Waals surface area contributed by atoms with Gasteiger partial charge in [-0.25, -0.2) is 0 Å². The first-order valence-electron chi connectivity index (χ1n) is 6.38. The van der Waals surface area contributed by atoms with E-state index in [1.165, 1.54) is 44.3 Å². The van der Waals surface area contributed by atoms with Gasteiger partial charge in [-0.2, -0.15) is 0 Å². The van der Waals surface area contributed by atoms with Crippen LogP contribution in [0.5, 0.6) is 0 Å². The van der Waals surface area contributed by atoms with Crippen molar-refractivity contribution in [1.82, 2.24) is 4.90 Å². The van der Waals surface area contributed by atoms with Crippen molar-refractivity contribution in [2.75, 3.05) is 20.1 Å². The molecular formula is C15H27N. The van der Waals surface area contributed by atoms with Crippen LogP contribution in [-0.4, -0.2) is 25.0 Å². The van der Waals surface area contributed by atoms with Crippen LogP contribution < -0.4 is 0 Å². The molecule has 0 aromatic heterocycles. The predicted octanol–water partition coefficient (Wildman–Crippen LogP) is 4.19. The van der Waals surface area contributed by atoms with E-state index in [2.05, 4.69) is 43.7 Å². The molecule has 0 saturated heterocycles. The predicted molar refractivity (Wildman–Crippen MR) is 74.7 cm³/mol. The maximum Gasteiger partial charge on any atom is -0.00217 e. The number of nitrogens with zero attached hydrogens (tertiary/aromatic N) is 1. The van der Waals surface area contributed by atoms with Crippen LogP contribution in [0.3, 0.4) is 0 Å². The summed E-state index contributed by atoms with van der Waals surface area (Å²) in [6, 6.07) is 0. The summed E-state index contributed by atoms with van der Waals surface area (Å²) < 4.78 is 0. The zero-order valence-corrected chi connectivity index (χ0v) is 11.2. The number of hydrogen-bond acceptors (Lipinski definition) is 1. The molecule has 0 spiro atoms. The van der Waals surface area contributed by atoms with Gasteiger partial charge in [0.15, 0.2) is 0 Å². The molecule has 1 heteroatoms. The van der Waals surface area contributed by atoms with Crippen molar-refractivity contribution in [2.24, 2.45) is 0 Å². The van der Waals surface area contributed by atoms with Crippen molar-refractivity contribution in [2.45, 2.75) is 39.5 Å². The Morgan fingerprint density at radius 3 is 2.56 bits per heavy atom. The number of unbranched alkanes of at least 4 members (excludes halogenated alkanes) is 2. The van der Waals surface area contributed by atoms with E-state index < -0.39 is 0 Å². The molecule has 0 atom stereocenters. The van der Waals surface area contributed by atoms with Gasteiger partial charge in [0.25, 0.3) is 0 Å². The third-order valence-electron chi connectivity index (χ3n) is 2.65. The molecule has 0 aliphatic heterocycles. The maximum atomic E-state index is 3.76. The maximum absolute atomic E-state index is 3.76. The molecule has 0 unspecified atom stereocenters. The first-order chi connectivity index (χ1) is 7.74. The zero-order chi connectivity index (χ0) is 12.2. The minimum Gasteiger partial charge on any atom is -0.306 e. The average molecular weight is 221 g/mol. The lowest BCUT2D eigenvalue weighted by molar-refractivity contribution is 0.327. The first kappa shape index (κ1) is 15.2. The summed E-state index contributed by atoms with van der Waals surface area (Å²) in [5.41, 5.74) is 1.21. The highest BCUT2D eigenvalue weighted by Gasteiger charge is 1.94. The van der Waals surface area contributed by atoms with Crippen molar-refractivity contribution in [1.29, 1.82) is 0 Å². The Kier molecular flexibility index (Phi) is 10.1. The lowest BCUT2D eigenvalue weighted by Gasteiger charge is -2.14. The first-order valence-corrected chi connectivity index (χ1v) is 6.38. The molecule has 0 aromatic rings. The smallest absolute Gasteiger partial charge is 0.00217 e. The van der Waals surface area contributed by atoms with Crippen molar-refractivity contribution in [3.8, 4) is 0 Å². The molecule has 0 rings (SSSR count). The van der Waals surface area contributed by atoms with Crippen LogP contribution in [0.15, 0.2) is 36.5 Å². The molecule has 0 saturated carbocycles. The lowest BCUT2D eigenvalue weighted by Crippen LogP contribution is -2.20. The Hall–Kier alpha value is -0.820. The summed E-state index contributed by atoms with van der Waals surface area (Å²) in [7, 11) is 2.20. The van der Waals surface area contributed by atoms with E-state index in [1.54, 1.807) is 0 Å². The van der Waals surface area contributed by atoms with Gasteiger partial charge in [-0.05, 0) is 58.3 Å². The molecule has 0 heterocycles. The van der Waals surface area contributed by atoms with Crippen LogP contribution in [0.1, 0.15) is 39.5 Å². The second kappa shape index (κ2) is 10.7. The van der Waals surface area contributed by atoms with Gasteiger partial charge in [0, 0.05) is 0 Å². The average Bonchev–Trinajstić information content (AvgIpc) is 2.29. The molecule has 0 radical (unpaired) electrons. The van der Waals surface area contributed by atoms with Crippen LogP contribution in [0.25, 0.3) is 0 Å². The third kappa shape index (κ3) is 8.49. The van der Waals surface area contributed by atoms with Crippen molar-refractivity contribution >= 4 is 0 Å². The molecule has 0 aromatic carbocycles. The molecule has 16 heavy (non-hydrogen) atoms. The zero-order valence-electron chi connectivity index (χ0n) is 11.2. The number of rotatable bonds is 9. The minimum absolute atomic E-state index is 1.17. The molecular weight excluding hydrogens is 194 g/mol. The molecule has 0 fully saturated rings. The molecule has 0 aliphatic carbocycles. The van der Waals surface area contributed by atoms with Gasteiger partial charge in [0.05, 0.1) is 0 Å². The van der Waals surface area contributed by atoms with Crippen molar-refractivity contribution in [3.05, 3.63) is 36.5 Å². The van der Waals surface area contributed by atoms with Gasteiger partial charge in [-0.3, -0.25) is 0 Å². The van der Waals surface area contributed by atoms with Crippen LogP contribution >= 0.6 is 0 Å². The van der Waals surface area contributed by atoms with E-state index in [0.29, 0.717) is 0 Å². The van der Waals surface area contributed by atoms with E-state index in [1.807, 2.05) is 13.0 Å². The normalized spacial score (nSPS) is 12.6. The standard InChI is InChI=1S/C15H27N/c1-5-13-16(4)14-11-9-8-10-12-15(6-2)7-3/h6-7,10,12H,2,5,8-9,11,13-14H2,1,3-4H3/b12-10-,15-7-. The Bertz CT molecular complexity index is 226. The summed E-state index contributed by atoms with van der Waals surface area (Å²) in [5, 5.41) is 0. The molecule has 0 amide bonds. The highest BCUT2D eigenvalue weighted by atomic mass is 15.1. The van der Waals surface area contributed by atoms with E-state index in [-0.39, 0.29) is 0 Å². The Morgan fingerprint density at radius 2 is 2.00 bits per heavy atom. The molecule has 0 N–H and O–H groups in total. The topological polar surface area (TPSA) is 3.24 Å². The Morgan fingerprint density at radius 1 is 1.25 bits per heavy atom. The number of hydrogen-bond donors (Lipinski definition) is 0. The third-order valence-corrected chi connectivity index (χ3v) is 2.65. The van der Waals surface area contributed by atoms with Crippen molar-refractivity contribution < 1.29 is 0 Å². The summed E-state index contributed by atoms with van der Waals surface area (Å²) in [5.74, 6) is 0. The molecule has 0 aliphatic rings. The summed E-state index contributed by atoms with van der Waals surface area (Å²) in [6.07, 6.45) is 13.4. The summed E-state index contributed by atoms with van der Waals surface area (Å²) in [6.45, 7) is 10.5. The van der Waals surface area contributed by atoms with Gasteiger partial charge in [-0.15, -0.1) is 0 Å². The summed E-state index contributed by atoms with van der Waals surface area (Å²) in [4.78, 5) is 2.41. The van der Waals surface area contributed by atoms with E-state index >= 15 is 0 Å². The fourth-order valence-electron chi connectivity index (χ4n) is 1.64. The van der Waals surface area contributed by atoms with Crippen LogP contribution in [-0.2, 0) is 0 Å². The van der Waals surface area contributed by atoms with E-state index in [4.69, 9.17) is 0 Å².